The van der Waals surface area contributed by atoms with Crippen molar-refractivity contribution in [2.75, 3.05) is 13.7 Å². The molecule has 0 spiro atoms. The Labute approximate surface area is 179 Å². The van der Waals surface area contributed by atoms with Crippen molar-refractivity contribution in [3.63, 3.8) is 0 Å². The highest BCUT2D eigenvalue weighted by Crippen LogP contribution is 2.36. The summed E-state index contributed by atoms with van der Waals surface area (Å²) >= 11 is 4.86. The van der Waals surface area contributed by atoms with Gasteiger partial charge in [-0.15, -0.1) is 6.42 Å². The summed E-state index contributed by atoms with van der Waals surface area (Å²) in [6.07, 6.45) is 7.10. The van der Waals surface area contributed by atoms with Crippen molar-refractivity contribution in [3.8, 4) is 23.8 Å². The van der Waals surface area contributed by atoms with Gasteiger partial charge in [-0.2, -0.15) is 0 Å². The fourth-order valence-electron chi connectivity index (χ4n) is 3.34. The molecule has 0 N–H and O–H groups in total. The zero-order chi connectivity index (χ0) is 20.7. The lowest BCUT2D eigenvalue weighted by atomic mass is 10.1. The van der Waals surface area contributed by atoms with Gasteiger partial charge in [-0.1, -0.05) is 23.3 Å². The molecular formula is C22H17BrN2O3S. The number of nitrogens with zero attached hydrogens (tertiary/aromatic N) is 2. The minimum atomic E-state index is -0.0831. The van der Waals surface area contributed by atoms with Gasteiger partial charge in [-0.05, 0) is 70.7 Å². The number of hydrogen-bond donors (Lipinski definition) is 0. The van der Waals surface area contributed by atoms with Crippen molar-refractivity contribution in [2.45, 2.75) is 13.8 Å². The van der Waals surface area contributed by atoms with Crippen LogP contribution in [0.15, 0.2) is 33.5 Å². The fraction of sp³-hybridized carbons (Fsp3) is 0.182. The first-order valence-electron chi connectivity index (χ1n) is 8.80. The molecule has 0 bridgehead atoms. The van der Waals surface area contributed by atoms with Gasteiger partial charge in [0.2, 0.25) is 0 Å². The van der Waals surface area contributed by atoms with Crippen LogP contribution in [-0.2, 0) is 0 Å². The molecule has 0 amide bonds. The van der Waals surface area contributed by atoms with E-state index in [2.05, 4.69) is 32.9 Å². The van der Waals surface area contributed by atoms with Crippen LogP contribution in [-0.4, -0.2) is 23.1 Å². The quantitative estimate of drug-likeness (QED) is 0.426. The Morgan fingerprint density at radius 3 is 2.83 bits per heavy atom. The maximum Gasteiger partial charge on any atom is 0.274 e. The maximum absolute atomic E-state index is 13.1. The molecule has 146 valence electrons. The second kappa shape index (κ2) is 7.54. The normalized spacial score (nSPS) is 11.9. The van der Waals surface area contributed by atoms with Crippen LogP contribution in [0.2, 0.25) is 0 Å². The molecule has 0 saturated heterocycles. The van der Waals surface area contributed by atoms with E-state index in [1.807, 2.05) is 38.1 Å². The summed E-state index contributed by atoms with van der Waals surface area (Å²) in [4.78, 5) is 18.4. The van der Waals surface area contributed by atoms with Gasteiger partial charge in [-0.25, -0.2) is 9.38 Å². The number of aromatic nitrogens is 2. The minimum absolute atomic E-state index is 0.0831. The number of hydrogen-bond acceptors (Lipinski definition) is 5. The van der Waals surface area contributed by atoms with Crippen molar-refractivity contribution in [2.24, 2.45) is 0 Å². The summed E-state index contributed by atoms with van der Waals surface area (Å²) in [5.41, 5.74) is 4.60. The first-order chi connectivity index (χ1) is 13.9. The SMILES string of the molecule is C#CCOc1c(Br)cc(C=c2sc3nc4c(C)cc(C)cc4n3c2=O)cc1OC. The average molecular weight is 469 g/mol. The Morgan fingerprint density at radius 2 is 2.10 bits per heavy atom. The molecule has 2 heterocycles. The Bertz CT molecular complexity index is 1410. The van der Waals surface area contributed by atoms with Crippen LogP contribution in [0.3, 0.4) is 0 Å². The number of methoxy groups -OCH3 is 1. The molecule has 0 fully saturated rings. The molecule has 2 aromatic carbocycles. The molecule has 0 atom stereocenters. The molecule has 0 radical (unpaired) electrons. The Balaban J connectivity index is 1.89. The monoisotopic (exact) mass is 468 g/mol. The topological polar surface area (TPSA) is 52.8 Å². The third kappa shape index (κ3) is 3.39. The van der Waals surface area contributed by atoms with Crippen LogP contribution in [0.4, 0.5) is 0 Å². The average Bonchev–Trinajstić information content (AvgIpc) is 3.18. The summed E-state index contributed by atoms with van der Waals surface area (Å²) in [7, 11) is 1.56. The van der Waals surface area contributed by atoms with E-state index in [0.717, 1.165) is 27.7 Å². The molecule has 0 unspecified atom stereocenters. The molecule has 4 aromatic rings. The maximum atomic E-state index is 13.1. The third-order valence-corrected chi connectivity index (χ3v) is 6.09. The second-order valence-electron chi connectivity index (χ2n) is 6.62. The number of rotatable bonds is 4. The van der Waals surface area contributed by atoms with Gasteiger partial charge < -0.3 is 9.47 Å². The van der Waals surface area contributed by atoms with Crippen LogP contribution >= 0.6 is 27.3 Å². The number of ether oxygens (including phenoxy) is 2. The van der Waals surface area contributed by atoms with Gasteiger partial charge in [0.15, 0.2) is 16.5 Å². The minimum Gasteiger partial charge on any atom is -0.493 e. The highest BCUT2D eigenvalue weighted by molar-refractivity contribution is 9.10. The lowest BCUT2D eigenvalue weighted by Crippen LogP contribution is -2.22. The smallest absolute Gasteiger partial charge is 0.274 e. The standard InChI is InChI=1S/C22H17BrN2O3S/c1-5-6-28-20-15(23)9-14(10-17(20)27-4)11-18-21(26)25-16-8-12(2)7-13(3)19(16)24-22(25)29-18/h1,7-11H,6H2,2-4H3. The van der Waals surface area contributed by atoms with E-state index in [9.17, 15) is 4.79 Å². The number of imidazole rings is 1. The summed E-state index contributed by atoms with van der Waals surface area (Å²) in [6, 6.07) is 7.75. The lowest BCUT2D eigenvalue weighted by molar-refractivity contribution is 0.329. The van der Waals surface area contributed by atoms with Gasteiger partial charge in [0, 0.05) is 0 Å². The van der Waals surface area contributed by atoms with Crippen LogP contribution in [0.25, 0.3) is 22.1 Å². The summed E-state index contributed by atoms with van der Waals surface area (Å²) in [5.74, 6) is 3.50. The summed E-state index contributed by atoms with van der Waals surface area (Å²) in [6.45, 7) is 4.16. The van der Waals surface area contributed by atoms with E-state index >= 15 is 0 Å². The number of fused-ring (bicyclic) bond motifs is 3. The number of thiazole rings is 1. The molecule has 5 nitrogen and oxygen atoms in total. The van der Waals surface area contributed by atoms with Crippen molar-refractivity contribution >= 4 is 49.3 Å². The predicted molar refractivity (Wildman–Crippen MR) is 120 cm³/mol. The number of aryl methyl sites for hydroxylation is 2. The molecule has 7 heteroatoms. The molecule has 4 rings (SSSR count). The summed E-state index contributed by atoms with van der Waals surface area (Å²) < 4.78 is 13.9. The number of benzene rings is 2. The molecule has 0 aliphatic heterocycles. The van der Waals surface area contributed by atoms with Gasteiger partial charge in [0.25, 0.3) is 5.56 Å². The van der Waals surface area contributed by atoms with Gasteiger partial charge in [-0.3, -0.25) is 4.79 Å². The molecule has 0 aliphatic rings. The van der Waals surface area contributed by atoms with Crippen LogP contribution < -0.4 is 19.6 Å². The first-order valence-corrected chi connectivity index (χ1v) is 10.4. The Kier molecular flexibility index (Phi) is 5.07. The molecule has 29 heavy (non-hydrogen) atoms. The van der Waals surface area contributed by atoms with Gasteiger partial charge in [0.05, 0.1) is 27.1 Å². The first kappa shape index (κ1) is 19.5. The molecule has 2 aromatic heterocycles. The zero-order valence-corrected chi connectivity index (χ0v) is 18.5. The molecule has 0 aliphatic carbocycles. The van der Waals surface area contributed by atoms with Crippen LogP contribution in [0.5, 0.6) is 11.5 Å². The van der Waals surface area contributed by atoms with Crippen LogP contribution in [0.1, 0.15) is 16.7 Å². The molecular weight excluding hydrogens is 452 g/mol. The Morgan fingerprint density at radius 1 is 1.31 bits per heavy atom. The molecule has 0 saturated carbocycles. The van der Waals surface area contributed by atoms with E-state index in [4.69, 9.17) is 15.9 Å². The van der Waals surface area contributed by atoms with Crippen LogP contribution in [0, 0.1) is 26.2 Å². The van der Waals surface area contributed by atoms with E-state index in [0.29, 0.717) is 25.5 Å². The van der Waals surface area contributed by atoms with Gasteiger partial charge in [0.1, 0.15) is 6.61 Å². The number of halogens is 1. The second-order valence-corrected chi connectivity index (χ2v) is 8.49. The predicted octanol–water partition coefficient (Wildman–Crippen LogP) is 3.86. The van der Waals surface area contributed by atoms with Crippen molar-refractivity contribution < 1.29 is 9.47 Å². The van der Waals surface area contributed by atoms with E-state index < -0.39 is 0 Å². The van der Waals surface area contributed by atoms with E-state index in [1.54, 1.807) is 11.5 Å². The zero-order valence-electron chi connectivity index (χ0n) is 16.1. The highest BCUT2D eigenvalue weighted by atomic mass is 79.9. The van der Waals surface area contributed by atoms with Crippen molar-refractivity contribution in [3.05, 3.63) is 60.3 Å². The van der Waals surface area contributed by atoms with E-state index in [1.165, 1.54) is 11.3 Å². The third-order valence-electron chi connectivity index (χ3n) is 4.53. The number of terminal acetylenes is 1. The summed E-state index contributed by atoms with van der Waals surface area (Å²) in [5, 5.41) is 0. The van der Waals surface area contributed by atoms with Gasteiger partial charge >= 0.3 is 0 Å². The lowest BCUT2D eigenvalue weighted by Gasteiger charge is -2.11. The van der Waals surface area contributed by atoms with Crippen molar-refractivity contribution in [1.29, 1.82) is 0 Å². The van der Waals surface area contributed by atoms with Crippen molar-refractivity contribution in [1.82, 2.24) is 9.38 Å². The largest absolute Gasteiger partial charge is 0.493 e. The Hall–Kier alpha value is -2.82. The highest BCUT2D eigenvalue weighted by Gasteiger charge is 2.14. The van der Waals surface area contributed by atoms with E-state index in [-0.39, 0.29) is 12.2 Å². The fourth-order valence-corrected chi connectivity index (χ4v) is 4.89.